The summed E-state index contributed by atoms with van der Waals surface area (Å²) in [5.74, 6) is -2.80. The van der Waals surface area contributed by atoms with Crippen LogP contribution in [-0.4, -0.2) is 33.1 Å². The lowest BCUT2D eigenvalue weighted by atomic mass is 10.1. The number of hydrogen-bond donors (Lipinski definition) is 2. The Balaban J connectivity index is 1.63. The molecule has 1 aliphatic rings. The predicted molar refractivity (Wildman–Crippen MR) is 79.9 cm³/mol. The van der Waals surface area contributed by atoms with Crippen LogP contribution in [0.1, 0.15) is 39.4 Å². The molecule has 2 N–H and O–H groups in total. The van der Waals surface area contributed by atoms with E-state index in [0.29, 0.717) is 25.1 Å². The number of halogens is 2. The zero-order valence-electron chi connectivity index (χ0n) is 12.7. The molecule has 0 saturated heterocycles. The minimum Gasteiger partial charge on any atom is -0.508 e. The van der Waals surface area contributed by atoms with E-state index in [9.17, 15) is 18.4 Å². The van der Waals surface area contributed by atoms with Crippen LogP contribution in [0.25, 0.3) is 0 Å². The molecule has 2 heterocycles. The van der Waals surface area contributed by atoms with Gasteiger partial charge in [0.1, 0.15) is 23.1 Å². The number of fused-ring (bicyclic) bond motifs is 1. The van der Waals surface area contributed by atoms with Crippen LogP contribution in [0.3, 0.4) is 0 Å². The highest BCUT2D eigenvalue weighted by atomic mass is 19.1. The fourth-order valence-corrected chi connectivity index (χ4v) is 2.66. The first-order chi connectivity index (χ1) is 11.5. The first kappa shape index (κ1) is 16.1. The molecule has 3 rings (SSSR count). The second kappa shape index (κ2) is 6.38. The van der Waals surface area contributed by atoms with Crippen LogP contribution < -0.4 is 5.32 Å². The number of nitrogens with zero attached hydrogens (tertiary/aromatic N) is 2. The molecule has 1 aliphatic heterocycles. The Labute approximate surface area is 136 Å². The molecule has 0 bridgehead atoms. The van der Waals surface area contributed by atoms with Crippen LogP contribution in [0, 0.1) is 11.6 Å². The molecule has 2 aromatic rings. The number of phenols is 1. The minimum atomic E-state index is -0.871. The summed E-state index contributed by atoms with van der Waals surface area (Å²) in [5, 5.41) is 15.7. The monoisotopic (exact) mass is 335 g/mol. The Morgan fingerprint density at radius 3 is 2.67 bits per heavy atom. The van der Waals surface area contributed by atoms with Gasteiger partial charge in [-0.05, 0) is 12.8 Å². The standard InChI is InChI=1S/C16H15F2N3O3/c17-11-6-9(22)7-12(18)10(11)3-4-19-16(24)13-8-14-15(23)2-1-5-21(14)20-13/h6-8,22H,1-5H2,(H,19,24). The molecule has 0 atom stereocenters. The lowest BCUT2D eigenvalue weighted by Gasteiger charge is -2.10. The van der Waals surface area contributed by atoms with E-state index in [-0.39, 0.29) is 30.0 Å². The van der Waals surface area contributed by atoms with Gasteiger partial charge in [-0.1, -0.05) is 0 Å². The maximum Gasteiger partial charge on any atom is 0.271 e. The largest absolute Gasteiger partial charge is 0.508 e. The van der Waals surface area contributed by atoms with Crippen molar-refractivity contribution in [1.29, 1.82) is 0 Å². The lowest BCUT2D eigenvalue weighted by molar-refractivity contribution is 0.0938. The maximum atomic E-state index is 13.6. The Bertz CT molecular complexity index is 794. The molecule has 1 amide bonds. The maximum absolute atomic E-state index is 13.6. The van der Waals surface area contributed by atoms with Gasteiger partial charge in [-0.15, -0.1) is 0 Å². The SMILES string of the molecule is O=C(NCCc1c(F)cc(O)cc1F)c1cc2n(n1)CCCC2=O. The number of hydrogen-bond acceptors (Lipinski definition) is 4. The van der Waals surface area contributed by atoms with Crippen molar-refractivity contribution in [3.63, 3.8) is 0 Å². The number of amides is 1. The van der Waals surface area contributed by atoms with Gasteiger partial charge >= 0.3 is 0 Å². The molecule has 0 fully saturated rings. The molecule has 0 saturated carbocycles. The highest BCUT2D eigenvalue weighted by Crippen LogP contribution is 2.20. The molecule has 8 heteroatoms. The van der Waals surface area contributed by atoms with Crippen LogP contribution >= 0.6 is 0 Å². The number of Topliss-reactive ketones (excluding diaryl/α,β-unsaturated/α-hetero) is 1. The van der Waals surface area contributed by atoms with Gasteiger partial charge in [0.2, 0.25) is 0 Å². The van der Waals surface area contributed by atoms with E-state index in [4.69, 9.17) is 5.11 Å². The van der Waals surface area contributed by atoms with Gasteiger partial charge in [0.25, 0.3) is 5.91 Å². The third-order valence-electron chi connectivity index (χ3n) is 3.86. The van der Waals surface area contributed by atoms with E-state index in [1.165, 1.54) is 10.7 Å². The second-order valence-electron chi connectivity index (χ2n) is 5.56. The minimum absolute atomic E-state index is 0.00636. The van der Waals surface area contributed by atoms with Crippen LogP contribution in [0.4, 0.5) is 8.78 Å². The van der Waals surface area contributed by atoms with Crippen molar-refractivity contribution in [3.8, 4) is 5.75 Å². The number of nitrogens with one attached hydrogen (secondary N) is 1. The normalized spacial score (nSPS) is 13.7. The number of phenolic OH excluding ortho intramolecular Hbond substituents is 1. The van der Waals surface area contributed by atoms with Gasteiger partial charge in [-0.25, -0.2) is 8.78 Å². The highest BCUT2D eigenvalue weighted by molar-refractivity contribution is 5.99. The number of carbonyl (C=O) groups is 2. The molecule has 1 aromatic carbocycles. The van der Waals surface area contributed by atoms with E-state index in [2.05, 4.69) is 10.4 Å². The van der Waals surface area contributed by atoms with Gasteiger partial charge in [-0.3, -0.25) is 14.3 Å². The molecule has 0 spiro atoms. The number of aromatic hydroxyl groups is 1. The quantitative estimate of drug-likeness (QED) is 0.893. The molecule has 0 unspecified atom stereocenters. The summed E-state index contributed by atoms with van der Waals surface area (Å²) in [4.78, 5) is 23.8. The average Bonchev–Trinajstić information content (AvgIpc) is 2.95. The Morgan fingerprint density at radius 2 is 2.00 bits per heavy atom. The lowest BCUT2D eigenvalue weighted by Crippen LogP contribution is -2.26. The number of aromatic nitrogens is 2. The van der Waals surface area contributed by atoms with Crippen molar-refractivity contribution in [2.24, 2.45) is 0 Å². The highest BCUT2D eigenvalue weighted by Gasteiger charge is 2.22. The smallest absolute Gasteiger partial charge is 0.271 e. The third-order valence-corrected chi connectivity index (χ3v) is 3.86. The van der Waals surface area contributed by atoms with Crippen molar-refractivity contribution in [1.82, 2.24) is 15.1 Å². The summed E-state index contributed by atoms with van der Waals surface area (Å²) in [6.45, 7) is 0.575. The summed E-state index contributed by atoms with van der Waals surface area (Å²) in [5.41, 5.74) is 0.293. The predicted octanol–water partition coefficient (Wildman–Crippen LogP) is 1.82. The number of benzene rings is 1. The fourth-order valence-electron chi connectivity index (χ4n) is 2.66. The third kappa shape index (κ3) is 3.12. The summed E-state index contributed by atoms with van der Waals surface area (Å²) in [6, 6.07) is 3.06. The molecule has 6 nitrogen and oxygen atoms in total. The molecule has 126 valence electrons. The van der Waals surface area contributed by atoms with Crippen molar-refractivity contribution in [2.75, 3.05) is 6.54 Å². The number of ketones is 1. The van der Waals surface area contributed by atoms with Crippen molar-refractivity contribution < 1.29 is 23.5 Å². The van der Waals surface area contributed by atoms with Gasteiger partial charge in [0.05, 0.1) is 0 Å². The summed E-state index contributed by atoms with van der Waals surface area (Å²) >= 11 is 0. The van der Waals surface area contributed by atoms with Crippen LogP contribution in [0.5, 0.6) is 5.75 Å². The van der Waals surface area contributed by atoms with E-state index < -0.39 is 23.3 Å². The van der Waals surface area contributed by atoms with Crippen molar-refractivity contribution in [3.05, 3.63) is 46.8 Å². The van der Waals surface area contributed by atoms with Gasteiger partial charge in [0, 0.05) is 43.3 Å². The van der Waals surface area contributed by atoms with Gasteiger partial charge in [0.15, 0.2) is 11.5 Å². The molecular weight excluding hydrogens is 320 g/mol. The summed E-state index contributed by atoms with van der Waals surface area (Å²) in [6.07, 6.45) is 1.05. The fraction of sp³-hybridized carbons (Fsp3) is 0.312. The van der Waals surface area contributed by atoms with E-state index in [0.717, 1.165) is 12.1 Å². The Hall–Kier alpha value is -2.77. The number of rotatable bonds is 4. The average molecular weight is 335 g/mol. The Kier molecular flexibility index (Phi) is 4.28. The molecule has 1 aromatic heterocycles. The second-order valence-corrected chi connectivity index (χ2v) is 5.56. The van der Waals surface area contributed by atoms with Gasteiger partial charge < -0.3 is 10.4 Å². The first-order valence-electron chi connectivity index (χ1n) is 7.52. The Morgan fingerprint density at radius 1 is 1.29 bits per heavy atom. The topological polar surface area (TPSA) is 84.2 Å². The first-order valence-corrected chi connectivity index (χ1v) is 7.52. The zero-order chi connectivity index (χ0) is 17.3. The van der Waals surface area contributed by atoms with Crippen molar-refractivity contribution in [2.45, 2.75) is 25.8 Å². The van der Waals surface area contributed by atoms with E-state index >= 15 is 0 Å². The van der Waals surface area contributed by atoms with Gasteiger partial charge in [-0.2, -0.15) is 5.10 Å². The number of aryl methyl sites for hydroxylation is 1. The molecule has 24 heavy (non-hydrogen) atoms. The molecule has 0 radical (unpaired) electrons. The zero-order valence-corrected chi connectivity index (χ0v) is 12.7. The molecule has 0 aliphatic carbocycles. The summed E-state index contributed by atoms with van der Waals surface area (Å²) < 4.78 is 28.7. The van der Waals surface area contributed by atoms with E-state index in [1.807, 2.05) is 0 Å². The van der Waals surface area contributed by atoms with Crippen LogP contribution in [0.15, 0.2) is 18.2 Å². The molecular formula is C16H15F2N3O3. The van der Waals surface area contributed by atoms with Crippen LogP contribution in [0.2, 0.25) is 0 Å². The number of carbonyl (C=O) groups excluding carboxylic acids is 2. The van der Waals surface area contributed by atoms with E-state index in [1.54, 1.807) is 0 Å². The van der Waals surface area contributed by atoms with Crippen LogP contribution in [-0.2, 0) is 13.0 Å². The van der Waals surface area contributed by atoms with Crippen molar-refractivity contribution >= 4 is 11.7 Å². The summed E-state index contributed by atoms with van der Waals surface area (Å²) in [7, 11) is 0.